The quantitative estimate of drug-likeness (QED) is 0.382. The first-order valence-electron chi connectivity index (χ1n) is 5.99. The molecular weight excluding hydrogens is 216 g/mol. The molecule has 0 N–H and O–H groups in total. The Morgan fingerprint density at radius 1 is 1.35 bits per heavy atom. The molecule has 0 bridgehead atoms. The zero-order valence-corrected chi connectivity index (χ0v) is 10.5. The third-order valence-corrected chi connectivity index (χ3v) is 4.07. The number of quaternary nitrogens is 1. The Bertz CT molecular complexity index is 492. The summed E-state index contributed by atoms with van der Waals surface area (Å²) in [5.74, 6) is -0.0908. The molecule has 2 aliphatic rings. The van der Waals surface area contributed by atoms with Gasteiger partial charge in [0.2, 0.25) is 5.69 Å². The number of fused-ring (bicyclic) bond motifs is 3. The maximum absolute atomic E-state index is 11.7. The first kappa shape index (κ1) is 10.7. The van der Waals surface area contributed by atoms with Crippen LogP contribution in [0.3, 0.4) is 0 Å². The number of rotatable bonds is 0. The molecule has 4 nitrogen and oxygen atoms in total. The molecule has 0 radical (unpaired) electrons. The molecule has 0 saturated carbocycles. The number of ether oxygens (including phenoxy) is 1. The molecule has 4 heteroatoms. The second-order valence-electron chi connectivity index (χ2n) is 5.94. The maximum Gasteiger partial charge on any atom is 0.448 e. The van der Waals surface area contributed by atoms with Gasteiger partial charge in [-0.3, -0.25) is 0 Å². The Kier molecular flexibility index (Phi) is 1.94. The largest absolute Gasteiger partial charge is 0.448 e. The lowest BCUT2D eigenvalue weighted by atomic mass is 10.0. The molecule has 17 heavy (non-hydrogen) atoms. The zero-order chi connectivity index (χ0) is 12.3. The van der Waals surface area contributed by atoms with Crippen molar-refractivity contribution in [1.82, 2.24) is 0 Å². The molecule has 1 aromatic heterocycles. The van der Waals surface area contributed by atoms with Crippen molar-refractivity contribution in [3.63, 3.8) is 0 Å². The van der Waals surface area contributed by atoms with Crippen molar-refractivity contribution in [2.45, 2.75) is 39.2 Å². The molecule has 2 atom stereocenters. The molecule has 3 rings (SSSR count). The van der Waals surface area contributed by atoms with E-state index in [9.17, 15) is 4.79 Å². The van der Waals surface area contributed by atoms with Crippen LogP contribution in [0.4, 0.5) is 0 Å². The molecule has 0 aromatic carbocycles. The number of carbonyl (C=O) groups excluding carboxylic acids is 1. The summed E-state index contributed by atoms with van der Waals surface area (Å²) in [7, 11) is 0. The van der Waals surface area contributed by atoms with Gasteiger partial charge in [-0.15, -0.1) is 4.57 Å². The summed E-state index contributed by atoms with van der Waals surface area (Å²) in [4.78, 5) is 11.7. The SMILES string of the molecule is CC(C)(C)[N@@+]12CC(=O)OC1[n+]1ccccc1C2. The van der Waals surface area contributed by atoms with Gasteiger partial charge in [0.05, 0.1) is 0 Å². The summed E-state index contributed by atoms with van der Waals surface area (Å²) < 4.78 is 8.31. The fourth-order valence-corrected chi connectivity index (χ4v) is 2.93. The fourth-order valence-electron chi connectivity index (χ4n) is 2.93. The minimum Gasteiger partial charge on any atom is -0.350 e. The Morgan fingerprint density at radius 2 is 2.12 bits per heavy atom. The van der Waals surface area contributed by atoms with Crippen molar-refractivity contribution in [2.24, 2.45) is 0 Å². The minimum atomic E-state index is -0.182. The van der Waals surface area contributed by atoms with E-state index in [1.54, 1.807) is 0 Å². The van der Waals surface area contributed by atoms with Crippen LogP contribution < -0.4 is 4.57 Å². The first-order valence-corrected chi connectivity index (χ1v) is 5.99. The van der Waals surface area contributed by atoms with Crippen LogP contribution in [0.1, 0.15) is 32.8 Å². The predicted molar refractivity (Wildman–Crippen MR) is 60.4 cm³/mol. The lowest BCUT2D eigenvalue weighted by molar-refractivity contribution is -1.09. The van der Waals surface area contributed by atoms with Gasteiger partial charge in [-0.25, -0.2) is 9.28 Å². The lowest BCUT2D eigenvalue weighted by Crippen LogP contribution is -2.60. The smallest absolute Gasteiger partial charge is 0.350 e. The average Bonchev–Trinajstić information content (AvgIpc) is 2.69. The van der Waals surface area contributed by atoms with Gasteiger partial charge < -0.3 is 4.74 Å². The summed E-state index contributed by atoms with van der Waals surface area (Å²) in [6, 6.07) is 6.13. The van der Waals surface area contributed by atoms with Crippen LogP contribution in [0.25, 0.3) is 0 Å². The van der Waals surface area contributed by atoms with Gasteiger partial charge in [0.1, 0.15) is 5.54 Å². The Morgan fingerprint density at radius 3 is 2.82 bits per heavy atom. The highest BCUT2D eigenvalue weighted by Crippen LogP contribution is 2.42. The van der Waals surface area contributed by atoms with E-state index in [2.05, 4.69) is 31.4 Å². The van der Waals surface area contributed by atoms with E-state index in [1.165, 1.54) is 5.69 Å². The Hall–Kier alpha value is -1.42. The van der Waals surface area contributed by atoms with Gasteiger partial charge in [-0.2, -0.15) is 0 Å². The van der Waals surface area contributed by atoms with E-state index in [-0.39, 0.29) is 17.9 Å². The number of aromatic nitrogens is 1. The number of nitrogens with zero attached hydrogens (tertiary/aromatic N) is 2. The van der Waals surface area contributed by atoms with Crippen LogP contribution in [0.2, 0.25) is 0 Å². The lowest BCUT2D eigenvalue weighted by Gasteiger charge is -2.38. The van der Waals surface area contributed by atoms with E-state index >= 15 is 0 Å². The van der Waals surface area contributed by atoms with E-state index < -0.39 is 0 Å². The van der Waals surface area contributed by atoms with Gasteiger partial charge in [0.25, 0.3) is 0 Å². The average molecular weight is 234 g/mol. The number of pyridine rings is 1. The molecule has 1 fully saturated rings. The molecule has 1 saturated heterocycles. The van der Waals surface area contributed by atoms with Gasteiger partial charge in [0.15, 0.2) is 19.3 Å². The van der Waals surface area contributed by atoms with Crippen LogP contribution in [-0.4, -0.2) is 22.5 Å². The molecule has 2 aliphatic heterocycles. The molecule has 90 valence electrons. The van der Waals surface area contributed by atoms with Crippen LogP contribution >= 0.6 is 0 Å². The van der Waals surface area contributed by atoms with Crippen LogP contribution in [0.15, 0.2) is 24.4 Å². The van der Waals surface area contributed by atoms with Crippen molar-refractivity contribution in [3.8, 4) is 0 Å². The maximum atomic E-state index is 11.7. The summed E-state index contributed by atoms with van der Waals surface area (Å²) in [5.41, 5.74) is 1.22. The molecule has 1 aromatic rings. The standard InChI is InChI=1S/C13H18N2O2/c1-13(2,3)15-8-10-6-4-5-7-14(10)12(15)17-11(16)9-15/h4-7,12H,8-9H2,1-3H3/q+2/t12?,15-/m0/s1. The third kappa shape index (κ3) is 1.27. The minimum absolute atomic E-state index is 0.0111. The highest BCUT2D eigenvalue weighted by molar-refractivity contribution is 5.71. The van der Waals surface area contributed by atoms with Gasteiger partial charge >= 0.3 is 12.3 Å². The van der Waals surface area contributed by atoms with Crippen molar-refractivity contribution in [2.75, 3.05) is 6.54 Å². The number of esters is 1. The number of hydrogen-bond donors (Lipinski definition) is 0. The fraction of sp³-hybridized carbons (Fsp3) is 0.538. The van der Waals surface area contributed by atoms with Gasteiger partial charge in [0, 0.05) is 12.1 Å². The van der Waals surface area contributed by atoms with E-state index in [1.807, 2.05) is 18.3 Å². The van der Waals surface area contributed by atoms with Gasteiger partial charge in [-0.1, -0.05) is 0 Å². The van der Waals surface area contributed by atoms with Crippen molar-refractivity contribution in [1.29, 1.82) is 0 Å². The van der Waals surface area contributed by atoms with Crippen molar-refractivity contribution < 1.29 is 18.6 Å². The Labute approximate surface area is 101 Å². The summed E-state index contributed by atoms with van der Waals surface area (Å²) in [6.07, 6.45) is 1.82. The second kappa shape index (κ2) is 3.07. The third-order valence-electron chi connectivity index (χ3n) is 4.07. The molecule has 1 unspecified atom stereocenters. The predicted octanol–water partition coefficient (Wildman–Crippen LogP) is 1.12. The molecule has 0 amide bonds. The van der Waals surface area contributed by atoms with Crippen LogP contribution in [0.5, 0.6) is 0 Å². The van der Waals surface area contributed by atoms with E-state index in [0.29, 0.717) is 11.0 Å². The molecular formula is C13H18N2O2+2. The summed E-state index contributed by atoms with van der Waals surface area (Å²) >= 11 is 0. The molecule has 3 heterocycles. The highest BCUT2D eigenvalue weighted by atomic mass is 16.6. The number of hydrogen-bond acceptors (Lipinski definition) is 2. The van der Waals surface area contributed by atoms with Gasteiger partial charge in [-0.05, 0) is 26.8 Å². The highest BCUT2D eigenvalue weighted by Gasteiger charge is 2.66. The topological polar surface area (TPSA) is 30.2 Å². The zero-order valence-electron chi connectivity index (χ0n) is 10.5. The number of carbonyl (C=O) groups is 1. The normalized spacial score (nSPS) is 31.0. The molecule has 0 aliphatic carbocycles. The monoisotopic (exact) mass is 234 g/mol. The second-order valence-corrected chi connectivity index (χ2v) is 5.94. The molecule has 0 spiro atoms. The van der Waals surface area contributed by atoms with Crippen LogP contribution in [0, 0.1) is 0 Å². The summed E-state index contributed by atoms with van der Waals surface area (Å²) in [6.45, 7) is 7.85. The van der Waals surface area contributed by atoms with Crippen molar-refractivity contribution >= 4 is 5.97 Å². The van der Waals surface area contributed by atoms with E-state index in [0.717, 1.165) is 6.54 Å². The van der Waals surface area contributed by atoms with Crippen molar-refractivity contribution in [3.05, 3.63) is 30.1 Å². The first-order chi connectivity index (χ1) is 7.94. The Balaban J connectivity index is 2.15. The van der Waals surface area contributed by atoms with Crippen LogP contribution in [-0.2, 0) is 16.1 Å². The summed E-state index contributed by atoms with van der Waals surface area (Å²) in [5, 5.41) is 0. The van der Waals surface area contributed by atoms with E-state index in [4.69, 9.17) is 4.74 Å².